The predicted molar refractivity (Wildman–Crippen MR) is 153 cm³/mol. The van der Waals surface area contributed by atoms with Crippen molar-refractivity contribution in [1.29, 1.82) is 0 Å². The van der Waals surface area contributed by atoms with E-state index in [1.807, 2.05) is 24.3 Å². The number of benzene rings is 3. The van der Waals surface area contributed by atoms with Gasteiger partial charge in [0, 0.05) is 15.6 Å². The van der Waals surface area contributed by atoms with Gasteiger partial charge in [0.25, 0.3) is 10.0 Å². The first-order chi connectivity index (χ1) is 17.8. The van der Waals surface area contributed by atoms with E-state index in [1.54, 1.807) is 30.3 Å². The average molecular weight is 582 g/mol. The summed E-state index contributed by atoms with van der Waals surface area (Å²) in [5.74, 6) is 0.648. The Hall–Kier alpha value is -1.96. The number of para-hydroxylation sites is 1. The van der Waals surface area contributed by atoms with Crippen molar-refractivity contribution in [1.82, 2.24) is 4.90 Å². The Bertz CT molecular complexity index is 1280. The maximum Gasteiger partial charge on any atom is 0.264 e. The van der Waals surface area contributed by atoms with Crippen LogP contribution in [0.4, 0.5) is 5.69 Å². The molecular weight excluding hydrogens is 551 g/mol. The Morgan fingerprint density at radius 3 is 2.30 bits per heavy atom. The normalized spacial score (nSPS) is 14.5. The first-order valence-electron chi connectivity index (χ1n) is 12.5. The van der Waals surface area contributed by atoms with Crippen molar-refractivity contribution in [3.05, 3.63) is 87.4 Å². The second-order valence-electron chi connectivity index (χ2n) is 9.13. The highest BCUT2D eigenvalue weighted by Gasteiger charge is 2.28. The summed E-state index contributed by atoms with van der Waals surface area (Å²) >= 11 is 18.7. The Morgan fingerprint density at radius 1 is 0.838 bits per heavy atom. The van der Waals surface area contributed by atoms with Crippen LogP contribution < -0.4 is 9.04 Å². The predicted octanol–water partition coefficient (Wildman–Crippen LogP) is 7.69. The number of ether oxygens (including phenoxy) is 1. The minimum atomic E-state index is -4.00. The molecule has 1 aliphatic heterocycles. The third-order valence-electron chi connectivity index (χ3n) is 6.44. The quantitative estimate of drug-likeness (QED) is 0.218. The van der Waals surface area contributed by atoms with Crippen LogP contribution in [-0.2, 0) is 16.6 Å². The first-order valence-corrected chi connectivity index (χ1v) is 15.1. The summed E-state index contributed by atoms with van der Waals surface area (Å²) in [5, 5.41) is 1.11. The maximum absolute atomic E-state index is 13.8. The SMILES string of the molecule is O=S(=O)(c1ccc(Cl)cc1)N(Cc1ccccc1OCCCCN1CCCCC1)c1cc(Cl)ccc1Cl. The number of rotatable bonds is 11. The maximum atomic E-state index is 13.8. The molecule has 37 heavy (non-hydrogen) atoms. The lowest BCUT2D eigenvalue weighted by Gasteiger charge is -2.27. The molecule has 3 aromatic carbocycles. The molecule has 0 aliphatic carbocycles. The zero-order valence-corrected chi connectivity index (χ0v) is 23.7. The van der Waals surface area contributed by atoms with Crippen LogP contribution in [0.1, 0.15) is 37.7 Å². The molecule has 0 radical (unpaired) electrons. The third-order valence-corrected chi connectivity index (χ3v) is 9.02. The molecule has 1 heterocycles. The fourth-order valence-electron chi connectivity index (χ4n) is 4.44. The van der Waals surface area contributed by atoms with Crippen LogP contribution in [0.2, 0.25) is 15.1 Å². The van der Waals surface area contributed by atoms with Gasteiger partial charge in [-0.1, -0.05) is 59.4 Å². The van der Waals surface area contributed by atoms with E-state index in [0.29, 0.717) is 28.1 Å². The lowest BCUT2D eigenvalue weighted by atomic mass is 10.1. The molecule has 0 unspecified atom stereocenters. The molecule has 0 amide bonds. The summed E-state index contributed by atoms with van der Waals surface area (Å²) in [6, 6.07) is 18.3. The molecule has 1 saturated heterocycles. The molecule has 1 aliphatic rings. The fourth-order valence-corrected chi connectivity index (χ4v) is 6.46. The second-order valence-corrected chi connectivity index (χ2v) is 12.3. The molecule has 9 heteroatoms. The van der Waals surface area contributed by atoms with E-state index in [9.17, 15) is 8.42 Å². The van der Waals surface area contributed by atoms with Gasteiger partial charge in [-0.3, -0.25) is 4.31 Å². The van der Waals surface area contributed by atoms with Crippen LogP contribution in [0.5, 0.6) is 5.75 Å². The molecule has 198 valence electrons. The van der Waals surface area contributed by atoms with Crippen molar-refractivity contribution in [3.63, 3.8) is 0 Å². The molecule has 0 aromatic heterocycles. The number of hydrogen-bond acceptors (Lipinski definition) is 4. The van der Waals surface area contributed by atoms with Gasteiger partial charge in [-0.05, 0) is 93.8 Å². The highest BCUT2D eigenvalue weighted by molar-refractivity contribution is 7.92. The summed E-state index contributed by atoms with van der Waals surface area (Å²) in [7, 11) is -4.00. The van der Waals surface area contributed by atoms with E-state index in [1.165, 1.54) is 48.8 Å². The van der Waals surface area contributed by atoms with Gasteiger partial charge in [0.15, 0.2) is 0 Å². The zero-order chi connectivity index (χ0) is 26.3. The highest BCUT2D eigenvalue weighted by Crippen LogP contribution is 2.35. The Labute approximate surface area is 234 Å². The van der Waals surface area contributed by atoms with Crippen LogP contribution in [0, 0.1) is 0 Å². The van der Waals surface area contributed by atoms with E-state index in [0.717, 1.165) is 24.9 Å². The van der Waals surface area contributed by atoms with Gasteiger partial charge in [0.05, 0.1) is 28.8 Å². The van der Waals surface area contributed by atoms with Gasteiger partial charge in [-0.15, -0.1) is 0 Å². The second kappa shape index (κ2) is 13.2. The monoisotopic (exact) mass is 580 g/mol. The van der Waals surface area contributed by atoms with Gasteiger partial charge in [-0.2, -0.15) is 0 Å². The standard InChI is InChI=1S/C28H31Cl3N2O3S/c29-23-10-13-25(14-11-23)37(34,35)33(27-20-24(30)12-15-26(27)31)21-22-8-2-3-9-28(22)36-19-7-6-18-32-16-4-1-5-17-32/h2-3,8-15,20H,1,4-7,16-19,21H2. The summed E-state index contributed by atoms with van der Waals surface area (Å²) in [4.78, 5) is 2.62. The number of anilines is 1. The average Bonchev–Trinajstić information content (AvgIpc) is 2.90. The number of hydrogen-bond donors (Lipinski definition) is 0. The van der Waals surface area contributed by atoms with Crippen molar-refractivity contribution in [3.8, 4) is 5.75 Å². The minimum absolute atomic E-state index is 0.0228. The highest BCUT2D eigenvalue weighted by atomic mass is 35.5. The molecular formula is C28H31Cl3N2O3S. The van der Waals surface area contributed by atoms with Gasteiger partial charge in [0.2, 0.25) is 0 Å². The van der Waals surface area contributed by atoms with Gasteiger partial charge in [-0.25, -0.2) is 8.42 Å². The topological polar surface area (TPSA) is 49.9 Å². The van der Waals surface area contributed by atoms with Crippen LogP contribution >= 0.6 is 34.8 Å². The lowest BCUT2D eigenvalue weighted by molar-refractivity contribution is 0.215. The van der Waals surface area contributed by atoms with E-state index in [2.05, 4.69) is 4.90 Å². The molecule has 4 rings (SSSR count). The largest absolute Gasteiger partial charge is 0.493 e. The Balaban J connectivity index is 1.53. The molecule has 0 bridgehead atoms. The number of likely N-dealkylation sites (tertiary alicyclic amines) is 1. The van der Waals surface area contributed by atoms with Crippen molar-refractivity contribution in [2.75, 3.05) is 30.5 Å². The summed E-state index contributed by atoms with van der Waals surface area (Å²) in [5.41, 5.74) is 1.02. The van der Waals surface area contributed by atoms with Gasteiger partial charge >= 0.3 is 0 Å². The molecule has 5 nitrogen and oxygen atoms in total. The van der Waals surface area contributed by atoms with Crippen LogP contribution in [0.15, 0.2) is 71.6 Å². The Morgan fingerprint density at radius 2 is 1.54 bits per heavy atom. The number of piperidine rings is 1. The minimum Gasteiger partial charge on any atom is -0.493 e. The van der Waals surface area contributed by atoms with Crippen molar-refractivity contribution in [2.45, 2.75) is 43.5 Å². The van der Waals surface area contributed by atoms with Crippen LogP contribution in [0.3, 0.4) is 0 Å². The zero-order valence-electron chi connectivity index (χ0n) is 20.6. The molecule has 0 N–H and O–H groups in total. The van der Waals surface area contributed by atoms with Gasteiger partial charge in [0.1, 0.15) is 5.75 Å². The van der Waals surface area contributed by atoms with Crippen LogP contribution in [-0.4, -0.2) is 39.6 Å². The van der Waals surface area contributed by atoms with E-state index in [-0.39, 0.29) is 16.5 Å². The van der Waals surface area contributed by atoms with Crippen molar-refractivity contribution in [2.24, 2.45) is 0 Å². The Kier molecular flexibility index (Phi) is 10.0. The van der Waals surface area contributed by atoms with Gasteiger partial charge < -0.3 is 9.64 Å². The van der Waals surface area contributed by atoms with E-state index in [4.69, 9.17) is 39.5 Å². The molecule has 0 atom stereocenters. The number of nitrogens with zero attached hydrogens (tertiary/aromatic N) is 2. The smallest absolute Gasteiger partial charge is 0.264 e. The number of unbranched alkanes of at least 4 members (excludes halogenated alkanes) is 1. The first kappa shape index (κ1) is 28.1. The number of sulfonamides is 1. The van der Waals surface area contributed by atoms with E-state index < -0.39 is 10.0 Å². The molecule has 1 fully saturated rings. The van der Waals surface area contributed by atoms with Crippen LogP contribution in [0.25, 0.3) is 0 Å². The van der Waals surface area contributed by atoms with E-state index >= 15 is 0 Å². The van der Waals surface area contributed by atoms with Crippen molar-refractivity contribution < 1.29 is 13.2 Å². The molecule has 3 aromatic rings. The number of halogens is 3. The summed E-state index contributed by atoms with van der Waals surface area (Å²) < 4.78 is 35.0. The fraction of sp³-hybridized carbons (Fsp3) is 0.357. The molecule has 0 saturated carbocycles. The molecule has 0 spiro atoms. The lowest BCUT2D eigenvalue weighted by Crippen LogP contribution is -2.31. The van der Waals surface area contributed by atoms with Crippen molar-refractivity contribution >= 4 is 50.5 Å². The summed E-state index contributed by atoms with van der Waals surface area (Å²) in [6.45, 7) is 4.05. The third kappa shape index (κ3) is 7.55. The summed E-state index contributed by atoms with van der Waals surface area (Å²) in [6.07, 6.45) is 5.91.